The van der Waals surface area contributed by atoms with E-state index >= 15 is 0 Å². The monoisotopic (exact) mass is 416 g/mol. The third-order valence-corrected chi connectivity index (χ3v) is 4.43. The van der Waals surface area contributed by atoms with Gasteiger partial charge < -0.3 is 14.8 Å². The number of hydrogen-bond acceptors (Lipinski definition) is 4. The first kappa shape index (κ1) is 18.0. The second kappa shape index (κ2) is 7.61. The van der Waals surface area contributed by atoms with Gasteiger partial charge in [0.25, 0.3) is 5.91 Å². The van der Waals surface area contributed by atoms with Gasteiger partial charge in [0.15, 0.2) is 0 Å². The van der Waals surface area contributed by atoms with Crippen molar-refractivity contribution in [1.82, 2.24) is 10.2 Å². The van der Waals surface area contributed by atoms with Crippen LogP contribution in [0.1, 0.15) is 11.1 Å². The van der Waals surface area contributed by atoms with Crippen molar-refractivity contribution in [3.05, 3.63) is 63.8 Å². The van der Waals surface area contributed by atoms with Crippen molar-refractivity contribution in [1.29, 1.82) is 0 Å². The quantitative estimate of drug-likeness (QED) is 0.597. The van der Waals surface area contributed by atoms with Crippen LogP contribution in [0.4, 0.5) is 4.79 Å². The van der Waals surface area contributed by atoms with Crippen LogP contribution in [0.2, 0.25) is 0 Å². The van der Waals surface area contributed by atoms with Crippen LogP contribution >= 0.6 is 15.9 Å². The van der Waals surface area contributed by atoms with Gasteiger partial charge in [0.2, 0.25) is 0 Å². The Bertz CT molecular complexity index is 895. The van der Waals surface area contributed by atoms with E-state index in [1.807, 2.05) is 30.3 Å². The fraction of sp³-hybridized carbons (Fsp3) is 0.158. The van der Waals surface area contributed by atoms with Gasteiger partial charge in [-0.3, -0.25) is 9.69 Å². The Morgan fingerprint density at radius 1 is 1.12 bits per heavy atom. The lowest BCUT2D eigenvalue weighted by atomic mass is 10.1. The van der Waals surface area contributed by atoms with Gasteiger partial charge in [0.05, 0.1) is 20.8 Å². The van der Waals surface area contributed by atoms with Crippen LogP contribution in [0.15, 0.2) is 52.6 Å². The van der Waals surface area contributed by atoms with E-state index in [4.69, 9.17) is 9.47 Å². The number of hydrogen-bond donors (Lipinski definition) is 1. The standard InChI is InChI=1S/C19H17BrN2O4/c1-25-15-5-3-4-12(8-15)9-16-18(23)22(19(24)21-16)11-13-10-14(20)6-7-17(13)26-2/h3-10H,11H2,1-2H3,(H,21,24). The Hall–Kier alpha value is -2.80. The lowest BCUT2D eigenvalue weighted by molar-refractivity contribution is -0.123. The van der Waals surface area contributed by atoms with Gasteiger partial charge >= 0.3 is 6.03 Å². The van der Waals surface area contributed by atoms with Gasteiger partial charge in [0.1, 0.15) is 17.2 Å². The van der Waals surface area contributed by atoms with E-state index in [0.717, 1.165) is 20.5 Å². The Balaban J connectivity index is 1.85. The van der Waals surface area contributed by atoms with Crippen molar-refractivity contribution in [2.75, 3.05) is 14.2 Å². The summed E-state index contributed by atoms with van der Waals surface area (Å²) in [6, 6.07) is 12.2. The number of amides is 3. The number of benzene rings is 2. The molecule has 2 aromatic rings. The second-order valence-corrected chi connectivity index (χ2v) is 6.53. The molecular weight excluding hydrogens is 400 g/mol. The van der Waals surface area contributed by atoms with Crippen LogP contribution in [-0.4, -0.2) is 31.1 Å². The average molecular weight is 417 g/mol. The Morgan fingerprint density at radius 2 is 1.92 bits per heavy atom. The normalized spacial score (nSPS) is 15.3. The number of rotatable bonds is 5. The molecule has 0 radical (unpaired) electrons. The highest BCUT2D eigenvalue weighted by atomic mass is 79.9. The minimum atomic E-state index is -0.467. The molecule has 0 aliphatic carbocycles. The SMILES string of the molecule is COc1cccc(C=C2NC(=O)N(Cc3cc(Br)ccc3OC)C2=O)c1. The fourth-order valence-corrected chi connectivity index (χ4v) is 3.06. The number of halogens is 1. The zero-order valence-corrected chi connectivity index (χ0v) is 15.9. The summed E-state index contributed by atoms with van der Waals surface area (Å²) in [6.07, 6.45) is 1.63. The predicted molar refractivity (Wildman–Crippen MR) is 101 cm³/mol. The van der Waals surface area contributed by atoms with E-state index in [2.05, 4.69) is 21.2 Å². The second-order valence-electron chi connectivity index (χ2n) is 5.61. The summed E-state index contributed by atoms with van der Waals surface area (Å²) >= 11 is 3.39. The number of carbonyl (C=O) groups excluding carboxylic acids is 2. The minimum Gasteiger partial charge on any atom is -0.497 e. The number of nitrogens with one attached hydrogen (secondary N) is 1. The third kappa shape index (κ3) is 3.72. The largest absolute Gasteiger partial charge is 0.497 e. The highest BCUT2D eigenvalue weighted by Gasteiger charge is 2.34. The summed E-state index contributed by atoms with van der Waals surface area (Å²) in [5.41, 5.74) is 1.71. The minimum absolute atomic E-state index is 0.114. The average Bonchev–Trinajstić information content (AvgIpc) is 2.89. The van der Waals surface area contributed by atoms with E-state index in [-0.39, 0.29) is 18.1 Å². The van der Waals surface area contributed by atoms with E-state index in [1.54, 1.807) is 32.4 Å². The Labute approximate surface area is 159 Å². The molecule has 0 saturated carbocycles. The smallest absolute Gasteiger partial charge is 0.329 e. The zero-order valence-electron chi connectivity index (χ0n) is 14.3. The molecule has 2 aromatic carbocycles. The molecule has 1 saturated heterocycles. The highest BCUT2D eigenvalue weighted by Crippen LogP contribution is 2.26. The molecule has 1 fully saturated rings. The number of ether oxygens (including phenoxy) is 2. The first-order valence-corrected chi connectivity index (χ1v) is 8.62. The van der Waals surface area contributed by atoms with Crippen molar-refractivity contribution < 1.29 is 19.1 Å². The van der Waals surface area contributed by atoms with Gasteiger partial charge in [-0.15, -0.1) is 0 Å². The maximum Gasteiger partial charge on any atom is 0.329 e. The number of imide groups is 1. The maximum atomic E-state index is 12.7. The highest BCUT2D eigenvalue weighted by molar-refractivity contribution is 9.10. The van der Waals surface area contributed by atoms with E-state index < -0.39 is 6.03 Å². The number of urea groups is 1. The topological polar surface area (TPSA) is 67.9 Å². The molecule has 1 N–H and O–H groups in total. The van der Waals surface area contributed by atoms with E-state index in [9.17, 15) is 9.59 Å². The molecule has 1 heterocycles. The van der Waals surface area contributed by atoms with Crippen LogP contribution in [0.3, 0.4) is 0 Å². The van der Waals surface area contributed by atoms with Crippen molar-refractivity contribution in [2.24, 2.45) is 0 Å². The molecule has 26 heavy (non-hydrogen) atoms. The Morgan fingerprint density at radius 3 is 2.65 bits per heavy atom. The summed E-state index contributed by atoms with van der Waals surface area (Å²) < 4.78 is 11.3. The fourth-order valence-electron chi connectivity index (χ4n) is 2.65. The van der Waals surface area contributed by atoms with Crippen LogP contribution in [0, 0.1) is 0 Å². The third-order valence-electron chi connectivity index (χ3n) is 3.94. The van der Waals surface area contributed by atoms with Gasteiger partial charge in [-0.25, -0.2) is 4.79 Å². The van der Waals surface area contributed by atoms with Gasteiger partial charge in [-0.2, -0.15) is 0 Å². The van der Waals surface area contributed by atoms with Crippen LogP contribution < -0.4 is 14.8 Å². The first-order valence-electron chi connectivity index (χ1n) is 7.83. The lowest BCUT2D eigenvalue weighted by Gasteiger charge is -2.15. The summed E-state index contributed by atoms with van der Waals surface area (Å²) in [4.78, 5) is 26.1. The van der Waals surface area contributed by atoms with Crippen LogP contribution in [0.5, 0.6) is 11.5 Å². The van der Waals surface area contributed by atoms with E-state index in [1.165, 1.54) is 0 Å². The molecule has 1 aliphatic rings. The number of carbonyl (C=O) groups is 2. The summed E-state index contributed by atoms with van der Waals surface area (Å²) in [6.45, 7) is 0.114. The molecular formula is C19H17BrN2O4. The zero-order chi connectivity index (χ0) is 18.7. The maximum absolute atomic E-state index is 12.7. The van der Waals surface area contributed by atoms with Crippen molar-refractivity contribution in [3.8, 4) is 11.5 Å². The first-order chi connectivity index (χ1) is 12.5. The molecule has 0 bridgehead atoms. The van der Waals surface area contributed by atoms with Crippen molar-refractivity contribution >= 4 is 33.9 Å². The number of nitrogens with zero attached hydrogens (tertiary/aromatic N) is 1. The van der Waals surface area contributed by atoms with Crippen LogP contribution in [0.25, 0.3) is 6.08 Å². The van der Waals surface area contributed by atoms with E-state index in [0.29, 0.717) is 11.5 Å². The molecule has 134 valence electrons. The molecule has 0 aromatic heterocycles. The molecule has 6 nitrogen and oxygen atoms in total. The number of methoxy groups -OCH3 is 2. The molecule has 3 rings (SSSR count). The molecule has 0 spiro atoms. The molecule has 7 heteroatoms. The molecule has 0 unspecified atom stereocenters. The summed E-state index contributed by atoms with van der Waals surface area (Å²) in [5.74, 6) is 0.894. The van der Waals surface area contributed by atoms with Crippen molar-refractivity contribution in [3.63, 3.8) is 0 Å². The van der Waals surface area contributed by atoms with Crippen molar-refractivity contribution in [2.45, 2.75) is 6.54 Å². The van der Waals surface area contributed by atoms with Crippen LogP contribution in [-0.2, 0) is 11.3 Å². The van der Waals surface area contributed by atoms with Gasteiger partial charge in [-0.05, 0) is 42.0 Å². The summed E-state index contributed by atoms with van der Waals surface area (Å²) in [7, 11) is 3.12. The molecule has 1 aliphatic heterocycles. The van der Waals surface area contributed by atoms with Gasteiger partial charge in [-0.1, -0.05) is 28.1 Å². The lowest BCUT2D eigenvalue weighted by Crippen LogP contribution is -2.30. The Kier molecular flexibility index (Phi) is 5.27. The molecule has 3 amide bonds. The van der Waals surface area contributed by atoms with Gasteiger partial charge in [0, 0.05) is 10.0 Å². The summed E-state index contributed by atoms with van der Waals surface area (Å²) in [5, 5.41) is 2.62. The molecule has 0 atom stereocenters. The predicted octanol–water partition coefficient (Wildman–Crippen LogP) is 3.56.